The highest BCUT2D eigenvalue weighted by molar-refractivity contribution is 5.78. The summed E-state index contributed by atoms with van der Waals surface area (Å²) in [7, 11) is 3.97. The summed E-state index contributed by atoms with van der Waals surface area (Å²) in [6, 6.07) is 13.3. The fourth-order valence-corrected chi connectivity index (χ4v) is 2.36. The summed E-state index contributed by atoms with van der Waals surface area (Å²) in [6.45, 7) is 1.93. The summed E-state index contributed by atoms with van der Waals surface area (Å²) < 4.78 is 0. The summed E-state index contributed by atoms with van der Waals surface area (Å²) in [5, 5.41) is 9.03. The van der Waals surface area contributed by atoms with Crippen LogP contribution in [0.1, 0.15) is 16.7 Å². The number of aromatic nitrogens is 1. The number of likely N-dealkylation sites (N-methyl/N-ethyl adjacent to an activating group) is 1. The molecule has 2 aromatic rings. The standard InChI is InChI=1S/C19H22N4O/c1-22(2)9-10-23(15-18-6-3-5-16(11-18)13-20)19(24)12-17-7-4-8-21-14-17/h3-8,11,14H,9-10,12,15H2,1-2H3. The monoisotopic (exact) mass is 322 g/mol. The van der Waals surface area contributed by atoms with Gasteiger partial charge in [0.25, 0.3) is 0 Å². The smallest absolute Gasteiger partial charge is 0.227 e. The molecule has 1 amide bonds. The zero-order chi connectivity index (χ0) is 17.4. The zero-order valence-corrected chi connectivity index (χ0v) is 14.1. The zero-order valence-electron chi connectivity index (χ0n) is 14.1. The third kappa shape index (κ3) is 5.49. The fourth-order valence-electron chi connectivity index (χ4n) is 2.36. The van der Waals surface area contributed by atoms with Crippen LogP contribution in [0.3, 0.4) is 0 Å². The average Bonchev–Trinajstić information content (AvgIpc) is 2.59. The van der Waals surface area contributed by atoms with Crippen molar-refractivity contribution in [2.75, 3.05) is 27.2 Å². The van der Waals surface area contributed by atoms with Gasteiger partial charge in [-0.2, -0.15) is 5.26 Å². The maximum Gasteiger partial charge on any atom is 0.227 e. The lowest BCUT2D eigenvalue weighted by molar-refractivity contribution is -0.131. The second-order valence-corrected chi connectivity index (χ2v) is 5.97. The van der Waals surface area contributed by atoms with Gasteiger partial charge in [0.2, 0.25) is 5.91 Å². The maximum absolute atomic E-state index is 12.7. The predicted molar refractivity (Wildman–Crippen MR) is 93.1 cm³/mol. The van der Waals surface area contributed by atoms with Gasteiger partial charge in [0, 0.05) is 32.0 Å². The summed E-state index contributed by atoms with van der Waals surface area (Å²) in [4.78, 5) is 20.6. The number of pyridine rings is 1. The Kier molecular flexibility index (Phi) is 6.47. The molecule has 0 spiro atoms. The minimum absolute atomic E-state index is 0.0622. The molecule has 5 nitrogen and oxygen atoms in total. The van der Waals surface area contributed by atoms with E-state index >= 15 is 0 Å². The van der Waals surface area contributed by atoms with Gasteiger partial charge in [-0.3, -0.25) is 9.78 Å². The lowest BCUT2D eigenvalue weighted by atomic mass is 10.1. The van der Waals surface area contributed by atoms with Gasteiger partial charge >= 0.3 is 0 Å². The molecule has 0 saturated heterocycles. The highest BCUT2D eigenvalue weighted by Crippen LogP contribution is 2.10. The van der Waals surface area contributed by atoms with Crippen molar-refractivity contribution in [1.29, 1.82) is 5.26 Å². The first kappa shape index (κ1) is 17.6. The first-order chi connectivity index (χ1) is 11.6. The molecule has 24 heavy (non-hydrogen) atoms. The van der Waals surface area contributed by atoms with Crippen LogP contribution < -0.4 is 0 Å². The lowest BCUT2D eigenvalue weighted by Crippen LogP contribution is -2.37. The van der Waals surface area contributed by atoms with E-state index in [-0.39, 0.29) is 5.91 Å². The molecule has 0 atom stereocenters. The van der Waals surface area contributed by atoms with Crippen molar-refractivity contribution in [3.05, 3.63) is 65.5 Å². The van der Waals surface area contributed by atoms with Crippen molar-refractivity contribution in [3.63, 3.8) is 0 Å². The summed E-state index contributed by atoms with van der Waals surface area (Å²) in [5.41, 5.74) is 2.48. The molecule has 1 aromatic carbocycles. The van der Waals surface area contributed by atoms with Crippen LogP contribution in [0.4, 0.5) is 0 Å². The third-order valence-electron chi connectivity index (χ3n) is 3.68. The molecule has 0 aliphatic heterocycles. The number of carbonyl (C=O) groups is 1. The van der Waals surface area contributed by atoms with E-state index in [2.05, 4.69) is 16.0 Å². The van der Waals surface area contributed by atoms with Crippen molar-refractivity contribution in [3.8, 4) is 6.07 Å². The molecule has 0 N–H and O–H groups in total. The van der Waals surface area contributed by atoms with Crippen LogP contribution in [-0.2, 0) is 17.8 Å². The van der Waals surface area contributed by atoms with Gasteiger partial charge in [0.05, 0.1) is 18.1 Å². The van der Waals surface area contributed by atoms with Gasteiger partial charge in [-0.1, -0.05) is 18.2 Å². The normalized spacial score (nSPS) is 10.4. The quantitative estimate of drug-likeness (QED) is 0.783. The van der Waals surface area contributed by atoms with Gasteiger partial charge in [-0.05, 0) is 43.4 Å². The number of carbonyl (C=O) groups excluding carboxylic acids is 1. The molecular weight excluding hydrogens is 300 g/mol. The highest BCUT2D eigenvalue weighted by Gasteiger charge is 2.15. The predicted octanol–water partition coefficient (Wildman–Crippen LogP) is 2.09. The van der Waals surface area contributed by atoms with Gasteiger partial charge in [-0.15, -0.1) is 0 Å². The topological polar surface area (TPSA) is 60.2 Å². The first-order valence-corrected chi connectivity index (χ1v) is 7.89. The van der Waals surface area contributed by atoms with E-state index in [0.717, 1.165) is 17.7 Å². The lowest BCUT2D eigenvalue weighted by Gasteiger charge is -2.25. The molecule has 124 valence electrons. The van der Waals surface area contributed by atoms with Gasteiger partial charge in [0.15, 0.2) is 0 Å². The Morgan fingerprint density at radius 1 is 1.17 bits per heavy atom. The van der Waals surface area contributed by atoms with Gasteiger partial charge in [-0.25, -0.2) is 0 Å². The molecule has 0 unspecified atom stereocenters. The summed E-state index contributed by atoms with van der Waals surface area (Å²) >= 11 is 0. The minimum Gasteiger partial charge on any atom is -0.337 e. The molecule has 0 radical (unpaired) electrons. The van der Waals surface area contributed by atoms with E-state index in [1.54, 1.807) is 18.5 Å². The molecule has 0 saturated carbocycles. The number of nitrogens with zero attached hydrogens (tertiary/aromatic N) is 4. The van der Waals surface area contributed by atoms with E-state index in [4.69, 9.17) is 5.26 Å². The Morgan fingerprint density at radius 2 is 1.96 bits per heavy atom. The number of benzene rings is 1. The van der Waals surface area contributed by atoms with Crippen LogP contribution in [0.5, 0.6) is 0 Å². The van der Waals surface area contributed by atoms with Crippen molar-refractivity contribution >= 4 is 5.91 Å². The highest BCUT2D eigenvalue weighted by atomic mass is 16.2. The minimum atomic E-state index is 0.0622. The Bertz CT molecular complexity index is 707. The van der Waals surface area contributed by atoms with E-state index < -0.39 is 0 Å². The molecule has 0 bridgehead atoms. The van der Waals surface area contributed by atoms with Crippen LogP contribution >= 0.6 is 0 Å². The molecule has 1 heterocycles. The number of hydrogen-bond acceptors (Lipinski definition) is 4. The molecule has 0 fully saturated rings. The Balaban J connectivity index is 2.11. The first-order valence-electron chi connectivity index (χ1n) is 7.89. The third-order valence-corrected chi connectivity index (χ3v) is 3.68. The second kappa shape index (κ2) is 8.80. The summed E-state index contributed by atoms with van der Waals surface area (Å²) in [6.07, 6.45) is 3.75. The molecule has 5 heteroatoms. The number of hydrogen-bond donors (Lipinski definition) is 0. The van der Waals surface area contributed by atoms with E-state index in [1.807, 2.05) is 49.3 Å². The molecular formula is C19H22N4O. The van der Waals surface area contributed by atoms with Crippen molar-refractivity contribution in [2.45, 2.75) is 13.0 Å². The van der Waals surface area contributed by atoms with Crippen molar-refractivity contribution < 1.29 is 4.79 Å². The largest absolute Gasteiger partial charge is 0.337 e. The van der Waals surface area contributed by atoms with E-state index in [0.29, 0.717) is 25.1 Å². The molecule has 2 rings (SSSR count). The second-order valence-electron chi connectivity index (χ2n) is 5.97. The van der Waals surface area contributed by atoms with Crippen LogP contribution in [0.15, 0.2) is 48.8 Å². The van der Waals surface area contributed by atoms with Crippen molar-refractivity contribution in [2.24, 2.45) is 0 Å². The van der Waals surface area contributed by atoms with Crippen LogP contribution in [0.2, 0.25) is 0 Å². The number of amides is 1. The van der Waals surface area contributed by atoms with Crippen LogP contribution in [0, 0.1) is 11.3 Å². The number of rotatable bonds is 7. The Hall–Kier alpha value is -2.71. The van der Waals surface area contributed by atoms with Crippen molar-refractivity contribution in [1.82, 2.24) is 14.8 Å². The number of nitriles is 1. The SMILES string of the molecule is CN(C)CCN(Cc1cccc(C#N)c1)C(=O)Cc1cccnc1. The average molecular weight is 322 g/mol. The summed E-state index contributed by atoms with van der Waals surface area (Å²) in [5.74, 6) is 0.0622. The van der Waals surface area contributed by atoms with Gasteiger partial charge < -0.3 is 9.80 Å². The van der Waals surface area contributed by atoms with Crippen LogP contribution in [-0.4, -0.2) is 47.9 Å². The maximum atomic E-state index is 12.7. The van der Waals surface area contributed by atoms with Crippen LogP contribution in [0.25, 0.3) is 0 Å². The molecule has 0 aliphatic carbocycles. The fraction of sp³-hybridized carbons (Fsp3) is 0.316. The van der Waals surface area contributed by atoms with Gasteiger partial charge in [0.1, 0.15) is 0 Å². The Morgan fingerprint density at radius 3 is 2.62 bits per heavy atom. The van der Waals surface area contributed by atoms with E-state index in [1.165, 1.54) is 0 Å². The van der Waals surface area contributed by atoms with E-state index in [9.17, 15) is 4.79 Å². The molecule has 1 aromatic heterocycles. The Labute approximate surface area is 143 Å². The molecule has 0 aliphatic rings.